The lowest BCUT2D eigenvalue weighted by atomic mass is 10.0. The van der Waals surface area contributed by atoms with Gasteiger partial charge in [0, 0.05) is 4.90 Å². The fraction of sp³-hybridized carbons (Fsp3) is 0.467. The van der Waals surface area contributed by atoms with Gasteiger partial charge in [-0.15, -0.1) is 11.8 Å². The van der Waals surface area contributed by atoms with Gasteiger partial charge in [-0.2, -0.15) is 0 Å². The van der Waals surface area contributed by atoms with Crippen LogP contribution in [0.25, 0.3) is 0 Å². The molecule has 0 saturated carbocycles. The fourth-order valence-electron chi connectivity index (χ4n) is 1.72. The van der Waals surface area contributed by atoms with Gasteiger partial charge < -0.3 is 15.2 Å². The molecule has 0 aliphatic heterocycles. The van der Waals surface area contributed by atoms with Crippen LogP contribution in [0.4, 0.5) is 0 Å². The van der Waals surface area contributed by atoms with Crippen LogP contribution in [0.1, 0.15) is 32.4 Å². The Morgan fingerprint density at radius 1 is 1.33 bits per heavy atom. The molecule has 6 heteroatoms. The van der Waals surface area contributed by atoms with E-state index < -0.39 is 23.7 Å². The molecule has 0 aliphatic carbocycles. The lowest BCUT2D eigenvalue weighted by Gasteiger charge is -2.26. The minimum Gasteiger partial charge on any atom is -0.458 e. The monoisotopic (exact) mass is 311 g/mol. The summed E-state index contributed by atoms with van der Waals surface area (Å²) in [6.45, 7) is 5.17. The van der Waals surface area contributed by atoms with Gasteiger partial charge in [-0.05, 0) is 44.7 Å². The van der Waals surface area contributed by atoms with Gasteiger partial charge in [0.15, 0.2) is 6.04 Å². The zero-order valence-corrected chi connectivity index (χ0v) is 13.4. The van der Waals surface area contributed by atoms with E-state index in [1.54, 1.807) is 44.7 Å². The van der Waals surface area contributed by atoms with E-state index >= 15 is 0 Å². The number of esters is 1. The Balaban J connectivity index is 2.92. The summed E-state index contributed by atoms with van der Waals surface area (Å²) in [5, 5.41) is 12.6. The average Bonchev–Trinajstić information content (AvgIpc) is 2.42. The van der Waals surface area contributed by atoms with Crippen LogP contribution in [0.2, 0.25) is 0 Å². The molecule has 0 spiro atoms. The van der Waals surface area contributed by atoms with Gasteiger partial charge >= 0.3 is 5.97 Å². The second-order valence-corrected chi connectivity index (χ2v) is 6.39. The first kappa shape index (κ1) is 17.5. The first-order valence-electron chi connectivity index (χ1n) is 6.53. The van der Waals surface area contributed by atoms with Gasteiger partial charge in [-0.3, -0.25) is 4.79 Å². The number of aliphatic hydroxyl groups is 1. The summed E-state index contributed by atoms with van der Waals surface area (Å²) in [5.41, 5.74) is -0.152. The highest BCUT2D eigenvalue weighted by Gasteiger charge is 2.31. The smallest absolute Gasteiger partial charge is 0.332 e. The van der Waals surface area contributed by atoms with Crippen molar-refractivity contribution in [2.75, 3.05) is 6.26 Å². The Morgan fingerprint density at radius 2 is 1.90 bits per heavy atom. The van der Waals surface area contributed by atoms with Gasteiger partial charge in [-0.1, -0.05) is 12.1 Å². The third kappa shape index (κ3) is 5.40. The number of carbonyl (C=O) groups excluding carboxylic acids is 2. The van der Waals surface area contributed by atoms with E-state index in [1.807, 2.05) is 18.4 Å². The van der Waals surface area contributed by atoms with Gasteiger partial charge in [0.1, 0.15) is 11.7 Å². The van der Waals surface area contributed by atoms with Crippen LogP contribution in [0.3, 0.4) is 0 Å². The SMILES string of the molecule is CSc1ccc([C@@H](O)[C@H](NC=O)C(=O)OC(C)(C)C)cc1. The topological polar surface area (TPSA) is 75.6 Å². The van der Waals surface area contributed by atoms with Crippen LogP contribution in [0.15, 0.2) is 29.2 Å². The standard InChI is InChI=1S/C15H21NO4S/c1-15(2,3)20-14(19)12(16-9-17)13(18)10-5-7-11(21-4)8-6-10/h5-9,12-13,18H,1-4H3,(H,16,17)/t12-,13+/m0/s1. The number of thioether (sulfide) groups is 1. The van der Waals surface area contributed by atoms with E-state index in [-0.39, 0.29) is 0 Å². The third-order valence-corrected chi connectivity index (χ3v) is 3.42. The predicted molar refractivity (Wildman–Crippen MR) is 82.0 cm³/mol. The Labute approximate surface area is 129 Å². The van der Waals surface area contributed by atoms with Gasteiger partial charge in [0.25, 0.3) is 0 Å². The average molecular weight is 311 g/mol. The maximum absolute atomic E-state index is 12.1. The molecular formula is C15H21NO4S. The molecule has 2 atom stereocenters. The number of benzene rings is 1. The van der Waals surface area contributed by atoms with Crippen molar-refractivity contribution in [3.05, 3.63) is 29.8 Å². The molecule has 0 fully saturated rings. The molecule has 0 radical (unpaired) electrons. The number of hydrogen-bond donors (Lipinski definition) is 2. The number of ether oxygens (including phenoxy) is 1. The molecule has 21 heavy (non-hydrogen) atoms. The molecule has 0 saturated heterocycles. The van der Waals surface area contributed by atoms with Gasteiger partial charge in [0.2, 0.25) is 6.41 Å². The number of aliphatic hydroxyl groups excluding tert-OH is 1. The Hall–Kier alpha value is -1.53. The molecule has 1 aromatic carbocycles. The van der Waals surface area contributed by atoms with E-state index in [9.17, 15) is 14.7 Å². The van der Waals surface area contributed by atoms with E-state index in [4.69, 9.17) is 4.74 Å². The zero-order valence-electron chi connectivity index (χ0n) is 12.6. The molecule has 0 aromatic heterocycles. The van der Waals surface area contributed by atoms with Crippen LogP contribution >= 0.6 is 11.8 Å². The highest BCUT2D eigenvalue weighted by atomic mass is 32.2. The van der Waals surface area contributed by atoms with Crippen molar-refractivity contribution in [2.24, 2.45) is 0 Å². The lowest BCUT2D eigenvalue weighted by molar-refractivity contribution is -0.161. The first-order chi connectivity index (χ1) is 9.78. The second kappa shape index (κ2) is 7.47. The largest absolute Gasteiger partial charge is 0.458 e. The maximum atomic E-state index is 12.1. The number of hydrogen-bond acceptors (Lipinski definition) is 5. The zero-order chi connectivity index (χ0) is 16.0. The van der Waals surface area contributed by atoms with Crippen LogP contribution < -0.4 is 5.32 Å². The van der Waals surface area contributed by atoms with Crippen molar-refractivity contribution in [3.63, 3.8) is 0 Å². The molecule has 1 aromatic rings. The van der Waals surface area contributed by atoms with E-state index in [2.05, 4.69) is 5.32 Å². The van der Waals surface area contributed by atoms with E-state index in [0.717, 1.165) is 4.90 Å². The summed E-state index contributed by atoms with van der Waals surface area (Å²) in [6, 6.07) is 6.00. The van der Waals surface area contributed by atoms with Crippen LogP contribution in [-0.2, 0) is 14.3 Å². The number of amides is 1. The fourth-order valence-corrected chi connectivity index (χ4v) is 2.13. The molecule has 116 valence electrons. The van der Waals surface area contributed by atoms with Crippen molar-refractivity contribution in [1.29, 1.82) is 0 Å². The van der Waals surface area contributed by atoms with Crippen molar-refractivity contribution in [3.8, 4) is 0 Å². The summed E-state index contributed by atoms with van der Waals surface area (Å²) in [4.78, 5) is 23.8. The van der Waals surface area contributed by atoms with Crippen molar-refractivity contribution >= 4 is 24.1 Å². The molecule has 1 amide bonds. The first-order valence-corrected chi connectivity index (χ1v) is 7.75. The van der Waals surface area contributed by atoms with E-state index in [0.29, 0.717) is 12.0 Å². The highest BCUT2D eigenvalue weighted by Crippen LogP contribution is 2.22. The maximum Gasteiger partial charge on any atom is 0.332 e. The van der Waals surface area contributed by atoms with Crippen molar-refractivity contribution < 1.29 is 19.4 Å². The summed E-state index contributed by atoms with van der Waals surface area (Å²) in [7, 11) is 0. The Morgan fingerprint density at radius 3 is 2.33 bits per heavy atom. The lowest BCUT2D eigenvalue weighted by Crippen LogP contribution is -2.44. The highest BCUT2D eigenvalue weighted by molar-refractivity contribution is 7.98. The van der Waals surface area contributed by atoms with Gasteiger partial charge in [0.05, 0.1) is 0 Å². The molecule has 0 aliphatic rings. The van der Waals surface area contributed by atoms with Gasteiger partial charge in [-0.25, -0.2) is 4.79 Å². The Bertz CT molecular complexity index is 481. The molecule has 0 bridgehead atoms. The van der Waals surface area contributed by atoms with E-state index in [1.165, 1.54) is 0 Å². The quantitative estimate of drug-likeness (QED) is 0.477. The van der Waals surface area contributed by atoms with Crippen molar-refractivity contribution in [1.82, 2.24) is 5.32 Å². The summed E-state index contributed by atoms with van der Waals surface area (Å²) in [6.07, 6.45) is 1.16. The molecule has 1 rings (SSSR count). The minimum absolute atomic E-state index is 0.383. The number of carbonyl (C=O) groups is 2. The van der Waals surface area contributed by atoms with Crippen LogP contribution in [0.5, 0.6) is 0 Å². The summed E-state index contributed by atoms with van der Waals surface area (Å²) >= 11 is 1.58. The number of nitrogens with one attached hydrogen (secondary N) is 1. The Kier molecular flexibility index (Phi) is 6.23. The number of rotatable bonds is 6. The normalized spacial score (nSPS) is 14.1. The molecule has 0 unspecified atom stereocenters. The molecule has 0 heterocycles. The predicted octanol–water partition coefficient (Wildman–Crippen LogP) is 1.90. The summed E-state index contributed by atoms with van der Waals surface area (Å²) in [5.74, 6) is -0.670. The van der Waals surface area contributed by atoms with Crippen LogP contribution in [0, 0.1) is 0 Å². The molecular weight excluding hydrogens is 290 g/mol. The molecule has 5 nitrogen and oxygen atoms in total. The minimum atomic E-state index is -1.17. The second-order valence-electron chi connectivity index (χ2n) is 5.51. The van der Waals surface area contributed by atoms with Crippen molar-refractivity contribution in [2.45, 2.75) is 43.4 Å². The summed E-state index contributed by atoms with van der Waals surface area (Å²) < 4.78 is 5.22. The van der Waals surface area contributed by atoms with Crippen LogP contribution in [-0.4, -0.2) is 35.4 Å². The molecule has 2 N–H and O–H groups in total. The third-order valence-electron chi connectivity index (χ3n) is 2.68.